The zero-order valence-electron chi connectivity index (χ0n) is 19.3. The van der Waals surface area contributed by atoms with E-state index in [1.165, 1.54) is 40.6 Å². The quantitative estimate of drug-likeness (QED) is 0.342. The van der Waals surface area contributed by atoms with Crippen molar-refractivity contribution in [3.8, 4) is 34.3 Å². The highest BCUT2D eigenvalue weighted by Gasteiger charge is 2.45. The number of alkyl halides is 5. The number of aromatic nitrogens is 6. The number of nitrogens with one attached hydrogen (secondary N) is 1. The van der Waals surface area contributed by atoms with E-state index in [4.69, 9.17) is 0 Å². The lowest BCUT2D eigenvalue weighted by Crippen LogP contribution is -2.26. The number of halogens is 5. The number of benzene rings is 2. The van der Waals surface area contributed by atoms with Gasteiger partial charge >= 0.3 is 18.2 Å². The lowest BCUT2D eigenvalue weighted by Gasteiger charge is -2.08. The zero-order chi connectivity index (χ0) is 26.8. The Kier molecular flexibility index (Phi) is 5.06. The number of aryl methyl sites for hydroxylation is 1. The maximum absolute atomic E-state index is 13.6. The summed E-state index contributed by atoms with van der Waals surface area (Å²) in [4.78, 5) is 27.6. The highest BCUT2D eigenvalue weighted by molar-refractivity contribution is 5.76. The van der Waals surface area contributed by atoms with Crippen LogP contribution in [0.3, 0.4) is 0 Å². The Morgan fingerprint density at radius 3 is 2.53 bits per heavy atom. The first kappa shape index (κ1) is 23.6. The Labute approximate surface area is 209 Å². The predicted octanol–water partition coefficient (Wildman–Crippen LogP) is 4.58. The number of fused-ring (bicyclic) bond motifs is 2. The van der Waals surface area contributed by atoms with Crippen LogP contribution >= 0.6 is 0 Å². The summed E-state index contributed by atoms with van der Waals surface area (Å²) >= 11 is 0. The van der Waals surface area contributed by atoms with Crippen molar-refractivity contribution in [1.82, 2.24) is 29.1 Å². The maximum Gasteiger partial charge on any atom is 0.586 e. The molecule has 4 heterocycles. The van der Waals surface area contributed by atoms with Gasteiger partial charge in [-0.1, -0.05) is 30.3 Å². The Morgan fingerprint density at radius 1 is 1.05 bits per heavy atom. The molecule has 0 unspecified atom stereocenters. The predicted molar refractivity (Wildman–Crippen MR) is 123 cm³/mol. The van der Waals surface area contributed by atoms with Crippen molar-refractivity contribution >= 4 is 11.2 Å². The summed E-state index contributed by atoms with van der Waals surface area (Å²) in [6.45, 7) is 0.0640. The molecule has 38 heavy (non-hydrogen) atoms. The molecule has 0 amide bonds. The third-order valence-electron chi connectivity index (χ3n) is 5.90. The SMILES string of the molecule is Cn1cc(C(F)(F)F)nc1-c1ccc(Cn2c(=O)[nH]c3cnc(-c4cccc5c4OC(F)(F)O5)nc32)cc1. The van der Waals surface area contributed by atoms with Crippen LogP contribution in [0.5, 0.6) is 11.5 Å². The molecule has 0 fully saturated rings. The number of imidazole rings is 2. The molecular formula is C24H15F5N6O3. The van der Waals surface area contributed by atoms with Crippen molar-refractivity contribution in [2.45, 2.75) is 19.0 Å². The smallest absolute Gasteiger partial charge is 0.395 e. The van der Waals surface area contributed by atoms with Crippen LogP contribution in [0.1, 0.15) is 11.3 Å². The summed E-state index contributed by atoms with van der Waals surface area (Å²) in [5.74, 6) is -0.218. The van der Waals surface area contributed by atoms with Crippen molar-refractivity contribution in [3.05, 3.63) is 76.6 Å². The highest BCUT2D eigenvalue weighted by atomic mass is 19.4. The zero-order valence-corrected chi connectivity index (χ0v) is 19.3. The first-order chi connectivity index (χ1) is 18.0. The normalized spacial score (nSPS) is 14.4. The second kappa shape index (κ2) is 8.13. The van der Waals surface area contributed by atoms with Crippen LogP contribution in [0.4, 0.5) is 22.0 Å². The van der Waals surface area contributed by atoms with Crippen molar-refractivity contribution < 1.29 is 31.4 Å². The molecule has 0 saturated carbocycles. The molecule has 3 aromatic heterocycles. The van der Waals surface area contributed by atoms with E-state index in [1.54, 1.807) is 24.3 Å². The van der Waals surface area contributed by atoms with Gasteiger partial charge in [-0.25, -0.2) is 19.7 Å². The topological polar surface area (TPSA) is 99.9 Å². The monoisotopic (exact) mass is 530 g/mol. The van der Waals surface area contributed by atoms with E-state index in [0.717, 1.165) is 6.20 Å². The van der Waals surface area contributed by atoms with Gasteiger partial charge in [-0.05, 0) is 17.7 Å². The molecular weight excluding hydrogens is 515 g/mol. The molecule has 5 aromatic rings. The van der Waals surface area contributed by atoms with Gasteiger partial charge in [0.15, 0.2) is 28.7 Å². The fraction of sp³-hybridized carbons (Fsp3) is 0.167. The molecule has 0 radical (unpaired) electrons. The molecule has 1 N–H and O–H groups in total. The minimum atomic E-state index is -4.56. The van der Waals surface area contributed by atoms with Crippen LogP contribution < -0.4 is 15.2 Å². The average Bonchev–Trinajstić information content (AvgIpc) is 3.50. The second-order valence-corrected chi connectivity index (χ2v) is 8.50. The summed E-state index contributed by atoms with van der Waals surface area (Å²) < 4.78 is 78.0. The summed E-state index contributed by atoms with van der Waals surface area (Å²) in [7, 11) is 1.47. The number of nitrogens with zero attached hydrogens (tertiary/aromatic N) is 5. The van der Waals surface area contributed by atoms with Gasteiger partial charge in [0.1, 0.15) is 11.3 Å². The van der Waals surface area contributed by atoms with Gasteiger partial charge in [-0.15, -0.1) is 8.78 Å². The van der Waals surface area contributed by atoms with Crippen molar-refractivity contribution in [2.75, 3.05) is 0 Å². The first-order valence-electron chi connectivity index (χ1n) is 11.0. The number of rotatable bonds is 4. The molecule has 0 bridgehead atoms. The maximum atomic E-state index is 13.6. The minimum absolute atomic E-state index is 0.0361. The third kappa shape index (κ3) is 4.03. The third-order valence-corrected chi connectivity index (χ3v) is 5.90. The van der Waals surface area contributed by atoms with E-state index >= 15 is 0 Å². The van der Waals surface area contributed by atoms with Gasteiger partial charge in [0.25, 0.3) is 0 Å². The molecule has 194 valence electrons. The molecule has 2 aromatic carbocycles. The van der Waals surface area contributed by atoms with E-state index in [-0.39, 0.29) is 40.9 Å². The molecule has 14 heteroatoms. The van der Waals surface area contributed by atoms with Gasteiger partial charge in [-0.3, -0.25) is 4.57 Å². The molecule has 9 nitrogen and oxygen atoms in total. The van der Waals surface area contributed by atoms with Gasteiger partial charge in [-0.2, -0.15) is 13.2 Å². The van der Waals surface area contributed by atoms with Gasteiger partial charge < -0.3 is 19.0 Å². The van der Waals surface area contributed by atoms with E-state index in [0.29, 0.717) is 16.6 Å². The lowest BCUT2D eigenvalue weighted by molar-refractivity contribution is -0.286. The van der Waals surface area contributed by atoms with Crippen LogP contribution in [-0.4, -0.2) is 35.4 Å². The number of para-hydroxylation sites is 1. The fourth-order valence-corrected chi connectivity index (χ4v) is 4.18. The van der Waals surface area contributed by atoms with Crippen molar-refractivity contribution in [2.24, 2.45) is 7.05 Å². The van der Waals surface area contributed by atoms with E-state index in [9.17, 15) is 26.7 Å². The summed E-state index contributed by atoms with van der Waals surface area (Å²) in [5, 5.41) is 0. The Balaban J connectivity index is 1.33. The molecule has 0 atom stereocenters. The van der Waals surface area contributed by atoms with Gasteiger partial charge in [0.2, 0.25) is 0 Å². The number of ether oxygens (including phenoxy) is 2. The molecule has 0 saturated heterocycles. The number of hydrogen-bond acceptors (Lipinski definition) is 6. The van der Waals surface area contributed by atoms with Crippen LogP contribution in [0, 0.1) is 0 Å². The number of aromatic amines is 1. The van der Waals surface area contributed by atoms with Crippen LogP contribution in [0.25, 0.3) is 33.9 Å². The van der Waals surface area contributed by atoms with Crippen LogP contribution in [-0.2, 0) is 19.8 Å². The molecule has 1 aliphatic heterocycles. The lowest BCUT2D eigenvalue weighted by atomic mass is 10.1. The summed E-state index contributed by atoms with van der Waals surface area (Å²) in [5.41, 5.74) is 0.311. The van der Waals surface area contributed by atoms with Gasteiger partial charge in [0.05, 0.1) is 18.3 Å². The Bertz CT molecular complexity index is 1750. The van der Waals surface area contributed by atoms with E-state index in [2.05, 4.69) is 29.4 Å². The van der Waals surface area contributed by atoms with Gasteiger partial charge in [0, 0.05) is 18.8 Å². The first-order valence-corrected chi connectivity index (χ1v) is 11.0. The average molecular weight is 530 g/mol. The number of H-pyrrole nitrogens is 1. The fourth-order valence-electron chi connectivity index (χ4n) is 4.18. The molecule has 1 aliphatic rings. The van der Waals surface area contributed by atoms with E-state index in [1.807, 2.05) is 0 Å². The van der Waals surface area contributed by atoms with Crippen LogP contribution in [0.15, 0.2) is 59.7 Å². The van der Waals surface area contributed by atoms with Crippen molar-refractivity contribution in [3.63, 3.8) is 0 Å². The van der Waals surface area contributed by atoms with Crippen LogP contribution in [0.2, 0.25) is 0 Å². The summed E-state index contributed by atoms with van der Waals surface area (Å²) in [6.07, 6.45) is -6.13. The largest absolute Gasteiger partial charge is 0.586 e. The summed E-state index contributed by atoms with van der Waals surface area (Å²) in [6, 6.07) is 10.8. The second-order valence-electron chi connectivity index (χ2n) is 8.50. The Hall–Kier alpha value is -4.75. The minimum Gasteiger partial charge on any atom is -0.395 e. The molecule has 0 spiro atoms. The van der Waals surface area contributed by atoms with Crippen molar-refractivity contribution in [1.29, 1.82) is 0 Å². The molecule has 6 rings (SSSR count). The number of hydrogen-bond donors (Lipinski definition) is 1. The Morgan fingerprint density at radius 2 is 1.82 bits per heavy atom. The molecule has 0 aliphatic carbocycles. The highest BCUT2D eigenvalue weighted by Crippen LogP contribution is 2.46. The van der Waals surface area contributed by atoms with E-state index < -0.39 is 23.9 Å². The standard InChI is InChI=1S/C24H15F5N6O3/c1-34-11-17(23(25,26)27)32-20(34)13-7-5-12(6-8-13)10-35-21-15(31-22(35)36)9-30-19(33-21)14-3-2-4-16-18(14)38-24(28,29)37-16/h2-9,11H,10H2,1H3,(H,31,36).